The van der Waals surface area contributed by atoms with Crippen molar-refractivity contribution in [3.63, 3.8) is 0 Å². The van der Waals surface area contributed by atoms with Crippen LogP contribution in [-0.2, 0) is 0 Å². The molecule has 0 saturated heterocycles. The molecule has 4 nitrogen and oxygen atoms in total. The van der Waals surface area contributed by atoms with E-state index in [9.17, 15) is 14.5 Å². The molecule has 2 fully saturated rings. The molecule has 1 aromatic rings. The second-order valence-electron chi connectivity index (χ2n) is 6.19. The van der Waals surface area contributed by atoms with Crippen LogP contribution in [0.3, 0.4) is 0 Å². The predicted octanol–water partition coefficient (Wildman–Crippen LogP) is 3.97. The van der Waals surface area contributed by atoms with Crippen LogP contribution in [0.15, 0.2) is 18.2 Å². The van der Waals surface area contributed by atoms with Crippen molar-refractivity contribution in [3.8, 4) is 0 Å². The summed E-state index contributed by atoms with van der Waals surface area (Å²) in [7, 11) is 0. The van der Waals surface area contributed by atoms with Crippen molar-refractivity contribution in [2.75, 3.05) is 5.32 Å². The number of nitro benzene ring substituents is 1. The molecule has 0 aromatic heterocycles. The molecule has 2 saturated carbocycles. The Morgan fingerprint density at radius 2 is 2.20 bits per heavy atom. The Balaban J connectivity index is 1.70. The Kier molecular flexibility index (Phi) is 3.36. The van der Waals surface area contributed by atoms with E-state index in [1.165, 1.54) is 37.8 Å². The van der Waals surface area contributed by atoms with Crippen LogP contribution in [0.5, 0.6) is 0 Å². The van der Waals surface area contributed by atoms with Gasteiger partial charge in [-0.2, -0.15) is 0 Å². The topological polar surface area (TPSA) is 55.2 Å². The van der Waals surface area contributed by atoms with E-state index in [0.29, 0.717) is 11.6 Å². The number of nitro groups is 1. The van der Waals surface area contributed by atoms with E-state index in [1.807, 2.05) is 0 Å². The quantitative estimate of drug-likeness (QED) is 0.669. The molecule has 108 valence electrons. The van der Waals surface area contributed by atoms with Gasteiger partial charge < -0.3 is 5.32 Å². The van der Waals surface area contributed by atoms with Gasteiger partial charge >= 0.3 is 0 Å². The van der Waals surface area contributed by atoms with Crippen LogP contribution in [0.2, 0.25) is 0 Å². The number of halogens is 1. The molecule has 1 N–H and O–H groups in total. The zero-order valence-corrected chi connectivity index (χ0v) is 11.5. The van der Waals surface area contributed by atoms with Crippen molar-refractivity contribution in [3.05, 3.63) is 34.1 Å². The van der Waals surface area contributed by atoms with Gasteiger partial charge in [-0.15, -0.1) is 0 Å². The molecule has 4 unspecified atom stereocenters. The summed E-state index contributed by atoms with van der Waals surface area (Å²) in [6.45, 7) is 2.09. The number of benzene rings is 1. The molecule has 5 heteroatoms. The van der Waals surface area contributed by atoms with Crippen LogP contribution in [-0.4, -0.2) is 11.0 Å². The molecule has 0 spiro atoms. The maximum Gasteiger partial charge on any atom is 0.272 e. The van der Waals surface area contributed by atoms with E-state index >= 15 is 0 Å². The monoisotopic (exact) mass is 278 g/mol. The van der Waals surface area contributed by atoms with Crippen LogP contribution < -0.4 is 5.32 Å². The average molecular weight is 278 g/mol. The van der Waals surface area contributed by atoms with Crippen molar-refractivity contribution < 1.29 is 9.31 Å². The van der Waals surface area contributed by atoms with E-state index in [-0.39, 0.29) is 11.7 Å². The highest BCUT2D eigenvalue weighted by Crippen LogP contribution is 2.49. The molecule has 4 atom stereocenters. The summed E-state index contributed by atoms with van der Waals surface area (Å²) in [5.74, 6) is 1.68. The van der Waals surface area contributed by atoms with Crippen LogP contribution in [0.1, 0.15) is 32.6 Å². The van der Waals surface area contributed by atoms with Gasteiger partial charge in [-0.05, 0) is 50.0 Å². The van der Waals surface area contributed by atoms with Gasteiger partial charge in [-0.25, -0.2) is 4.39 Å². The molecule has 2 aliphatic rings. The predicted molar refractivity (Wildman–Crippen MR) is 75.1 cm³/mol. The third-order valence-corrected chi connectivity index (χ3v) is 4.98. The molecular formula is C15H19FN2O2. The molecule has 0 aliphatic heterocycles. The minimum atomic E-state index is -0.577. The second-order valence-corrected chi connectivity index (χ2v) is 6.19. The van der Waals surface area contributed by atoms with E-state index in [1.54, 1.807) is 0 Å². The standard InChI is InChI=1S/C15H19FN2O2/c1-9(13-7-10-2-3-11(13)6-10)17-15-5-4-12(18(19)20)8-14(15)16/h4-5,8-11,13,17H,2-3,6-7H2,1H3. The summed E-state index contributed by atoms with van der Waals surface area (Å²) >= 11 is 0. The van der Waals surface area contributed by atoms with Gasteiger partial charge in [0.15, 0.2) is 5.82 Å². The number of non-ortho nitro benzene ring substituents is 1. The van der Waals surface area contributed by atoms with E-state index in [2.05, 4.69) is 12.2 Å². The fourth-order valence-corrected chi connectivity index (χ4v) is 3.99. The number of fused-ring (bicyclic) bond motifs is 2. The van der Waals surface area contributed by atoms with Crippen molar-refractivity contribution in [1.82, 2.24) is 0 Å². The van der Waals surface area contributed by atoms with Crippen LogP contribution in [0, 0.1) is 33.7 Å². The Labute approximate surface area is 117 Å². The molecule has 2 aliphatic carbocycles. The molecule has 2 bridgehead atoms. The van der Waals surface area contributed by atoms with Gasteiger partial charge in [-0.1, -0.05) is 6.42 Å². The highest BCUT2D eigenvalue weighted by Gasteiger charge is 2.41. The summed E-state index contributed by atoms with van der Waals surface area (Å²) in [5.41, 5.74) is 0.159. The lowest BCUT2D eigenvalue weighted by Gasteiger charge is -2.29. The Hall–Kier alpha value is -1.65. The summed E-state index contributed by atoms with van der Waals surface area (Å²) in [6, 6.07) is 4.01. The second kappa shape index (κ2) is 5.04. The summed E-state index contributed by atoms with van der Waals surface area (Å²) in [5, 5.41) is 13.8. The number of hydrogen-bond donors (Lipinski definition) is 1. The van der Waals surface area contributed by atoms with E-state index < -0.39 is 10.7 Å². The smallest absolute Gasteiger partial charge is 0.272 e. The average Bonchev–Trinajstić information content (AvgIpc) is 3.03. The normalized spacial score (nSPS) is 29.4. The van der Waals surface area contributed by atoms with Crippen molar-refractivity contribution >= 4 is 11.4 Å². The lowest BCUT2D eigenvalue weighted by Crippen LogP contribution is -2.30. The number of nitrogens with one attached hydrogen (secondary N) is 1. The first-order valence-electron chi connectivity index (χ1n) is 7.25. The minimum absolute atomic E-state index is 0.208. The highest BCUT2D eigenvalue weighted by molar-refractivity contribution is 5.50. The first kappa shape index (κ1) is 13.3. The van der Waals surface area contributed by atoms with E-state index in [4.69, 9.17) is 0 Å². The lowest BCUT2D eigenvalue weighted by molar-refractivity contribution is -0.385. The number of hydrogen-bond acceptors (Lipinski definition) is 3. The summed E-state index contributed by atoms with van der Waals surface area (Å²) in [4.78, 5) is 10.0. The van der Waals surface area contributed by atoms with Gasteiger partial charge in [0.2, 0.25) is 0 Å². The molecule has 20 heavy (non-hydrogen) atoms. The zero-order chi connectivity index (χ0) is 14.3. The van der Waals surface area contributed by atoms with Gasteiger partial charge in [0.25, 0.3) is 5.69 Å². The van der Waals surface area contributed by atoms with E-state index in [0.717, 1.165) is 17.9 Å². The molecule has 0 heterocycles. The first-order valence-corrected chi connectivity index (χ1v) is 7.25. The van der Waals surface area contributed by atoms with Crippen LogP contribution in [0.4, 0.5) is 15.8 Å². The van der Waals surface area contributed by atoms with Gasteiger partial charge in [0.1, 0.15) is 0 Å². The maximum atomic E-state index is 13.9. The van der Waals surface area contributed by atoms with Crippen molar-refractivity contribution in [2.24, 2.45) is 17.8 Å². The largest absolute Gasteiger partial charge is 0.380 e. The minimum Gasteiger partial charge on any atom is -0.380 e. The summed E-state index contributed by atoms with van der Waals surface area (Å²) in [6.07, 6.45) is 5.19. The number of rotatable bonds is 4. The Morgan fingerprint density at radius 3 is 2.75 bits per heavy atom. The molecule has 0 amide bonds. The highest BCUT2D eigenvalue weighted by atomic mass is 19.1. The first-order chi connectivity index (χ1) is 9.54. The maximum absolute atomic E-state index is 13.9. The van der Waals surface area contributed by atoms with Gasteiger partial charge in [0.05, 0.1) is 16.7 Å². The lowest BCUT2D eigenvalue weighted by atomic mass is 9.84. The summed E-state index contributed by atoms with van der Waals surface area (Å²) < 4.78 is 13.9. The SMILES string of the molecule is CC(Nc1ccc([N+](=O)[O-])cc1F)C1CC2CCC1C2. The molecule has 1 aromatic carbocycles. The Morgan fingerprint density at radius 1 is 1.40 bits per heavy atom. The number of anilines is 1. The van der Waals surface area contributed by atoms with Crippen molar-refractivity contribution in [2.45, 2.75) is 38.6 Å². The van der Waals surface area contributed by atoms with Crippen molar-refractivity contribution in [1.29, 1.82) is 0 Å². The molecular weight excluding hydrogens is 259 g/mol. The molecule has 3 rings (SSSR count). The van der Waals surface area contributed by atoms with Crippen LogP contribution >= 0.6 is 0 Å². The van der Waals surface area contributed by atoms with Gasteiger partial charge in [-0.3, -0.25) is 10.1 Å². The molecule has 0 radical (unpaired) electrons. The van der Waals surface area contributed by atoms with Crippen LogP contribution in [0.25, 0.3) is 0 Å². The number of nitrogens with zero attached hydrogens (tertiary/aromatic N) is 1. The Bertz CT molecular complexity index is 535. The third kappa shape index (κ3) is 2.37. The third-order valence-electron chi connectivity index (χ3n) is 4.98. The fraction of sp³-hybridized carbons (Fsp3) is 0.600. The fourth-order valence-electron chi connectivity index (χ4n) is 3.99. The van der Waals surface area contributed by atoms with Gasteiger partial charge in [0, 0.05) is 12.1 Å². The zero-order valence-electron chi connectivity index (χ0n) is 11.5.